The quantitative estimate of drug-likeness (QED) is 0.168. The first-order valence-electron chi connectivity index (χ1n) is 11.5. The van der Waals surface area contributed by atoms with Gasteiger partial charge in [-0.25, -0.2) is 0 Å². The van der Waals surface area contributed by atoms with E-state index >= 15 is 0 Å². The molecule has 0 aliphatic rings. The summed E-state index contributed by atoms with van der Waals surface area (Å²) in [5.41, 5.74) is 10.1. The molecule has 0 radical (unpaired) electrons. The van der Waals surface area contributed by atoms with Crippen LogP contribution in [0.4, 0.5) is 24.5 Å². The molecule has 0 saturated heterocycles. The minimum atomic E-state index is -4.36. The molecule has 3 N–H and O–H groups in total. The predicted molar refractivity (Wildman–Crippen MR) is 146 cm³/mol. The molecule has 9 heteroatoms. The van der Waals surface area contributed by atoms with E-state index in [1.165, 1.54) is 17.7 Å². The highest BCUT2D eigenvalue weighted by molar-refractivity contribution is 7.80. The highest BCUT2D eigenvalue weighted by Gasteiger charge is 2.30. The number of nitrogens with zero attached hydrogens (tertiary/aromatic N) is 2. The van der Waals surface area contributed by atoms with E-state index in [9.17, 15) is 13.2 Å². The fraction of sp³-hybridized carbons (Fsp3) is 0.222. The summed E-state index contributed by atoms with van der Waals surface area (Å²) in [6.07, 6.45) is -2.15. The molecular formula is C27H28F3N5S. The van der Waals surface area contributed by atoms with Crippen molar-refractivity contribution in [1.29, 1.82) is 0 Å². The largest absolute Gasteiger partial charge is 0.416 e. The van der Waals surface area contributed by atoms with Gasteiger partial charge in [-0.2, -0.15) is 23.4 Å². The third-order valence-electron chi connectivity index (χ3n) is 5.32. The molecule has 3 rings (SSSR count). The highest BCUT2D eigenvalue weighted by atomic mass is 32.1. The number of para-hydroxylation sites is 1. The van der Waals surface area contributed by atoms with E-state index < -0.39 is 11.7 Å². The maximum absolute atomic E-state index is 12.8. The second kappa shape index (κ2) is 12.3. The van der Waals surface area contributed by atoms with E-state index in [-0.39, 0.29) is 0 Å². The van der Waals surface area contributed by atoms with Crippen molar-refractivity contribution in [2.24, 2.45) is 10.2 Å². The number of rotatable bonds is 8. The zero-order valence-corrected chi connectivity index (χ0v) is 21.0. The number of hydrazone groups is 2. The molecule has 0 aliphatic carbocycles. The number of thiocarbonyl (C=S) groups is 1. The van der Waals surface area contributed by atoms with Gasteiger partial charge in [-0.15, -0.1) is 0 Å². The number of nitrogens with one attached hydrogen (secondary N) is 3. The van der Waals surface area contributed by atoms with Crippen molar-refractivity contribution >= 4 is 40.6 Å². The van der Waals surface area contributed by atoms with Gasteiger partial charge in [0.1, 0.15) is 0 Å². The van der Waals surface area contributed by atoms with Crippen LogP contribution in [0.5, 0.6) is 0 Å². The van der Waals surface area contributed by atoms with E-state index in [1.807, 2.05) is 49.4 Å². The Morgan fingerprint density at radius 2 is 1.64 bits per heavy atom. The van der Waals surface area contributed by atoms with Crippen LogP contribution in [0.15, 0.2) is 83.0 Å². The Morgan fingerprint density at radius 3 is 2.25 bits per heavy atom. The van der Waals surface area contributed by atoms with Crippen LogP contribution in [0.2, 0.25) is 0 Å². The first-order valence-corrected chi connectivity index (χ1v) is 11.9. The van der Waals surface area contributed by atoms with Crippen molar-refractivity contribution in [1.82, 2.24) is 5.43 Å². The molecule has 0 heterocycles. The van der Waals surface area contributed by atoms with Gasteiger partial charge in [-0.1, -0.05) is 63.2 Å². The van der Waals surface area contributed by atoms with Gasteiger partial charge in [0, 0.05) is 5.69 Å². The molecule has 3 aromatic rings. The van der Waals surface area contributed by atoms with E-state index in [0.717, 1.165) is 29.1 Å². The van der Waals surface area contributed by atoms with E-state index in [1.54, 1.807) is 6.21 Å². The number of halogens is 3. The lowest BCUT2D eigenvalue weighted by Crippen LogP contribution is -2.24. The van der Waals surface area contributed by atoms with Crippen LogP contribution in [0, 0.1) is 0 Å². The van der Waals surface area contributed by atoms with Gasteiger partial charge in [-0.3, -0.25) is 10.9 Å². The summed E-state index contributed by atoms with van der Waals surface area (Å²) < 4.78 is 38.4. The van der Waals surface area contributed by atoms with Gasteiger partial charge >= 0.3 is 6.18 Å². The second-order valence-corrected chi connectivity index (χ2v) is 8.70. The van der Waals surface area contributed by atoms with E-state index in [4.69, 9.17) is 12.2 Å². The average molecular weight is 512 g/mol. The maximum atomic E-state index is 12.8. The molecule has 188 valence electrons. The molecule has 0 aliphatic heterocycles. The third-order valence-corrected chi connectivity index (χ3v) is 5.52. The number of alkyl halides is 3. The monoisotopic (exact) mass is 511 g/mol. The van der Waals surface area contributed by atoms with Gasteiger partial charge in [-0.05, 0) is 71.6 Å². The van der Waals surface area contributed by atoms with Crippen LogP contribution in [0.3, 0.4) is 0 Å². The standard InChI is InChI=1S/C27H28F3N5S/c1-4-24(20-11-13-21(14-12-20)27(28,29)30)34-33-22-15-9-19(10-16-22)17-31-35-26(36)32-25-8-6-5-7-23(25)18(2)3/h5-18,33H,4H2,1-3H3,(H2,32,35,36)/b31-17?,34-24+. The van der Waals surface area contributed by atoms with Crippen LogP contribution in [-0.2, 0) is 6.18 Å². The summed E-state index contributed by atoms with van der Waals surface area (Å²) in [5.74, 6) is 0.361. The number of hydrogen-bond acceptors (Lipinski definition) is 4. The molecule has 0 unspecified atom stereocenters. The number of hydrogen-bond donors (Lipinski definition) is 3. The van der Waals surface area contributed by atoms with E-state index in [0.29, 0.717) is 28.7 Å². The summed E-state index contributed by atoms with van der Waals surface area (Å²) in [4.78, 5) is 0. The van der Waals surface area contributed by atoms with E-state index in [2.05, 4.69) is 46.3 Å². The molecule has 0 atom stereocenters. The number of anilines is 2. The van der Waals surface area contributed by atoms with Crippen molar-refractivity contribution in [3.05, 3.63) is 95.1 Å². The van der Waals surface area contributed by atoms with Crippen LogP contribution in [0.1, 0.15) is 55.4 Å². The minimum Gasteiger partial charge on any atom is -0.331 e. The molecule has 0 spiro atoms. The van der Waals surface area contributed by atoms with Crippen molar-refractivity contribution in [2.75, 3.05) is 10.7 Å². The average Bonchev–Trinajstić information content (AvgIpc) is 2.85. The van der Waals surface area contributed by atoms with Gasteiger partial charge < -0.3 is 5.32 Å². The lowest BCUT2D eigenvalue weighted by Gasteiger charge is -2.14. The predicted octanol–water partition coefficient (Wildman–Crippen LogP) is 7.38. The molecule has 0 saturated carbocycles. The summed E-state index contributed by atoms with van der Waals surface area (Å²) >= 11 is 5.34. The van der Waals surface area contributed by atoms with Crippen LogP contribution in [-0.4, -0.2) is 17.0 Å². The summed E-state index contributed by atoms with van der Waals surface area (Å²) in [5, 5.41) is 12.1. The highest BCUT2D eigenvalue weighted by Crippen LogP contribution is 2.29. The van der Waals surface area contributed by atoms with Gasteiger partial charge in [0.2, 0.25) is 0 Å². The Labute approximate surface area is 214 Å². The third kappa shape index (κ3) is 7.64. The van der Waals surface area contributed by atoms with Crippen LogP contribution < -0.4 is 16.2 Å². The molecule has 0 amide bonds. The van der Waals surface area contributed by atoms with Crippen molar-refractivity contribution in [3.8, 4) is 0 Å². The Morgan fingerprint density at radius 1 is 0.972 bits per heavy atom. The molecule has 0 bridgehead atoms. The van der Waals surface area contributed by atoms with Crippen LogP contribution in [0.25, 0.3) is 0 Å². The molecule has 3 aromatic carbocycles. The minimum absolute atomic E-state index is 0.361. The lowest BCUT2D eigenvalue weighted by molar-refractivity contribution is -0.137. The second-order valence-electron chi connectivity index (χ2n) is 8.29. The zero-order valence-electron chi connectivity index (χ0n) is 20.2. The molecular weight excluding hydrogens is 483 g/mol. The summed E-state index contributed by atoms with van der Waals surface area (Å²) in [7, 11) is 0. The fourth-order valence-electron chi connectivity index (χ4n) is 3.41. The zero-order chi connectivity index (χ0) is 26.1. The van der Waals surface area contributed by atoms with Gasteiger partial charge in [0.25, 0.3) is 0 Å². The van der Waals surface area contributed by atoms with Crippen molar-refractivity contribution in [3.63, 3.8) is 0 Å². The fourth-order valence-corrected chi connectivity index (χ4v) is 3.57. The number of benzene rings is 3. The molecule has 0 aromatic heterocycles. The van der Waals surface area contributed by atoms with Crippen LogP contribution >= 0.6 is 12.2 Å². The first kappa shape index (κ1) is 26.9. The normalized spacial score (nSPS) is 12.1. The van der Waals surface area contributed by atoms with Gasteiger partial charge in [0.15, 0.2) is 5.11 Å². The Hall–Kier alpha value is -3.72. The Balaban J connectivity index is 1.56. The molecule has 5 nitrogen and oxygen atoms in total. The molecule has 36 heavy (non-hydrogen) atoms. The SMILES string of the molecule is CC/C(=N\Nc1ccc(C=NNC(=S)Nc2ccccc2C(C)C)cc1)c1ccc(C(F)(F)F)cc1. The maximum Gasteiger partial charge on any atom is 0.416 e. The smallest absolute Gasteiger partial charge is 0.331 e. The van der Waals surface area contributed by atoms with Gasteiger partial charge in [0.05, 0.1) is 23.2 Å². The van der Waals surface area contributed by atoms with Crippen molar-refractivity contribution in [2.45, 2.75) is 39.3 Å². The summed E-state index contributed by atoms with van der Waals surface area (Å²) in [6.45, 7) is 6.14. The van der Waals surface area contributed by atoms with Crippen molar-refractivity contribution < 1.29 is 13.2 Å². The molecule has 0 fully saturated rings. The Kier molecular flexibility index (Phi) is 9.19. The topological polar surface area (TPSA) is 60.8 Å². The lowest BCUT2D eigenvalue weighted by atomic mass is 10.0. The summed E-state index contributed by atoms with van der Waals surface area (Å²) in [6, 6.07) is 20.4. The Bertz CT molecular complexity index is 1220. The first-order chi connectivity index (χ1) is 17.2.